The lowest BCUT2D eigenvalue weighted by Gasteiger charge is -2.19. The van der Waals surface area contributed by atoms with Gasteiger partial charge in [0.2, 0.25) is 0 Å². The molecule has 100 valence electrons. The highest BCUT2D eigenvalue weighted by Gasteiger charge is 2.15. The monoisotopic (exact) mass is 267 g/mol. The zero-order valence-electron chi connectivity index (χ0n) is 10.4. The van der Waals surface area contributed by atoms with Gasteiger partial charge in [-0.1, -0.05) is 11.6 Å². The molecule has 0 aromatic heterocycles. The molecule has 17 heavy (non-hydrogen) atoms. The molecule has 0 aliphatic heterocycles. The summed E-state index contributed by atoms with van der Waals surface area (Å²) in [6.45, 7) is 6.87. The van der Waals surface area contributed by atoms with E-state index in [0.717, 1.165) is 0 Å². The van der Waals surface area contributed by atoms with Gasteiger partial charge in [0.15, 0.2) is 5.56 Å². The first-order chi connectivity index (χ1) is 7.70. The maximum atomic E-state index is 11.2. The van der Waals surface area contributed by atoms with Crippen LogP contribution in [0.5, 0.6) is 0 Å². The number of hydrogen-bond donors (Lipinski definition) is 1. The summed E-state index contributed by atoms with van der Waals surface area (Å²) in [5.41, 5.74) is -1.31. The number of halogens is 1. The molecule has 0 bridgehead atoms. The molecule has 0 saturated carbocycles. The molecule has 0 rings (SSSR count). The van der Waals surface area contributed by atoms with Crippen molar-refractivity contribution in [2.45, 2.75) is 38.9 Å². The molecule has 1 atom stereocenters. The van der Waals surface area contributed by atoms with Gasteiger partial charge in [0.05, 0.1) is 6.54 Å². The maximum absolute atomic E-state index is 11.2. The summed E-state index contributed by atoms with van der Waals surface area (Å²) in [5.74, 6) is 0. The Hall–Kier alpha value is -1.17. The third kappa shape index (κ3) is 11.1. The third-order valence-electron chi connectivity index (χ3n) is 1.25. The van der Waals surface area contributed by atoms with Gasteiger partial charge in [0.25, 0.3) is 0 Å². The number of carbonyl (C=O) groups excluding carboxylic acids is 2. The highest BCUT2D eigenvalue weighted by Crippen LogP contribution is 2.06. The van der Waals surface area contributed by atoms with Crippen molar-refractivity contribution >= 4 is 23.8 Å². The Labute approximate surface area is 106 Å². The fourth-order valence-corrected chi connectivity index (χ4v) is 0.841. The molecule has 0 fully saturated rings. The average molecular weight is 268 g/mol. The molecule has 0 saturated heterocycles. The van der Waals surface area contributed by atoms with Crippen LogP contribution in [0.2, 0.25) is 0 Å². The second-order valence-electron chi connectivity index (χ2n) is 4.19. The van der Waals surface area contributed by atoms with Gasteiger partial charge in [-0.2, -0.15) is 0 Å². The Kier molecular flexibility index (Phi) is 6.72. The first-order valence-corrected chi connectivity index (χ1v) is 5.58. The van der Waals surface area contributed by atoms with Crippen LogP contribution in [0.25, 0.3) is 0 Å². The zero-order chi connectivity index (χ0) is 13.5. The van der Waals surface area contributed by atoms with E-state index < -0.39 is 23.4 Å². The Morgan fingerprint density at radius 3 is 2.41 bits per heavy atom. The number of alkyl halides is 1. The lowest BCUT2D eigenvalue weighted by molar-refractivity contribution is 0.0412. The lowest BCUT2D eigenvalue weighted by Crippen LogP contribution is -2.34. The van der Waals surface area contributed by atoms with Crippen molar-refractivity contribution in [3.05, 3.63) is 0 Å². The number of alkyl carbamates (subject to hydrolysis) is 1. The molecular weight excluding hydrogens is 250 g/mol. The van der Waals surface area contributed by atoms with Crippen LogP contribution in [0, 0.1) is 0 Å². The van der Waals surface area contributed by atoms with Crippen LogP contribution in [0.15, 0.2) is 0 Å². The van der Waals surface area contributed by atoms with Gasteiger partial charge in [-0.3, -0.25) is 0 Å². The minimum absolute atomic E-state index is 0.0122. The first kappa shape index (κ1) is 15.8. The van der Waals surface area contributed by atoms with E-state index in [0.29, 0.717) is 0 Å². The van der Waals surface area contributed by atoms with Crippen molar-refractivity contribution in [3.8, 4) is 0 Å². The summed E-state index contributed by atoms with van der Waals surface area (Å²) in [6, 6.07) is 0. The van der Waals surface area contributed by atoms with Crippen molar-refractivity contribution in [1.29, 1.82) is 0 Å². The van der Waals surface area contributed by atoms with Gasteiger partial charge in [0.1, 0.15) is 12.2 Å². The van der Waals surface area contributed by atoms with E-state index in [1.165, 1.54) is 6.92 Å². The minimum Gasteiger partial charge on any atom is -0.444 e. The van der Waals surface area contributed by atoms with Gasteiger partial charge in [-0.25, -0.2) is 9.59 Å². The van der Waals surface area contributed by atoms with Gasteiger partial charge in [-0.05, 0) is 27.7 Å². The predicted octanol–water partition coefficient (Wildman–Crippen LogP) is 2.25. The summed E-state index contributed by atoms with van der Waals surface area (Å²) in [5, 5.41) is 2.42. The van der Waals surface area contributed by atoms with E-state index in [9.17, 15) is 9.59 Å². The lowest BCUT2D eigenvalue weighted by atomic mass is 10.2. The fraction of sp³-hybridized carbons (Fsp3) is 0.800. The van der Waals surface area contributed by atoms with E-state index in [2.05, 4.69) is 14.8 Å². The quantitative estimate of drug-likeness (QED) is 0.480. The van der Waals surface area contributed by atoms with Crippen LogP contribution in [-0.4, -0.2) is 36.6 Å². The molecule has 1 unspecified atom stereocenters. The van der Waals surface area contributed by atoms with Gasteiger partial charge in [-0.15, -0.1) is 0 Å². The van der Waals surface area contributed by atoms with Crippen molar-refractivity contribution in [3.63, 3.8) is 0 Å². The number of carbonyl (C=O) groups is 2. The molecular formula is C10H18ClNO5. The number of hydrogen-bond acceptors (Lipinski definition) is 5. The number of ether oxygens (including phenoxy) is 3. The summed E-state index contributed by atoms with van der Waals surface area (Å²) >= 11 is 5.40. The van der Waals surface area contributed by atoms with Crippen LogP contribution < -0.4 is 5.32 Å². The third-order valence-corrected chi connectivity index (χ3v) is 1.34. The molecule has 7 heteroatoms. The van der Waals surface area contributed by atoms with Crippen molar-refractivity contribution in [1.82, 2.24) is 5.32 Å². The maximum Gasteiger partial charge on any atom is 0.509 e. The molecule has 0 heterocycles. The van der Waals surface area contributed by atoms with E-state index in [-0.39, 0.29) is 13.2 Å². The molecule has 0 aliphatic carbocycles. The molecule has 0 radical (unpaired) electrons. The standard InChI is InChI=1S/C10H18ClNO5/c1-7(11)16-9(14)15-6-5-12-8(13)17-10(2,3)4/h7H,5-6H2,1-4H3,(H,12,13). The van der Waals surface area contributed by atoms with Gasteiger partial charge in [0, 0.05) is 0 Å². The molecule has 1 N–H and O–H groups in total. The topological polar surface area (TPSA) is 73.9 Å². The molecule has 6 nitrogen and oxygen atoms in total. The SMILES string of the molecule is CC(Cl)OC(=O)OCCNC(=O)OC(C)(C)C. The summed E-state index contributed by atoms with van der Waals surface area (Å²) < 4.78 is 14.1. The molecule has 0 aliphatic rings. The molecule has 0 aromatic rings. The second-order valence-corrected chi connectivity index (χ2v) is 4.80. The molecule has 0 aromatic carbocycles. The number of rotatable bonds is 4. The van der Waals surface area contributed by atoms with E-state index in [4.69, 9.17) is 16.3 Å². The highest BCUT2D eigenvalue weighted by atomic mass is 35.5. The summed E-state index contributed by atoms with van der Waals surface area (Å²) in [6.07, 6.45) is -1.45. The van der Waals surface area contributed by atoms with E-state index in [1.54, 1.807) is 20.8 Å². The van der Waals surface area contributed by atoms with E-state index in [1.807, 2.05) is 0 Å². The zero-order valence-corrected chi connectivity index (χ0v) is 11.2. The van der Waals surface area contributed by atoms with Gasteiger partial charge < -0.3 is 19.5 Å². The Balaban J connectivity index is 3.58. The van der Waals surface area contributed by atoms with Crippen LogP contribution in [0.1, 0.15) is 27.7 Å². The first-order valence-electron chi connectivity index (χ1n) is 5.15. The predicted molar refractivity (Wildman–Crippen MR) is 62.0 cm³/mol. The van der Waals surface area contributed by atoms with Crippen molar-refractivity contribution in [2.24, 2.45) is 0 Å². The number of amides is 1. The number of nitrogens with one attached hydrogen (secondary N) is 1. The molecule has 1 amide bonds. The minimum atomic E-state index is -0.876. The second kappa shape index (κ2) is 7.21. The Morgan fingerprint density at radius 2 is 1.94 bits per heavy atom. The van der Waals surface area contributed by atoms with Gasteiger partial charge >= 0.3 is 12.2 Å². The van der Waals surface area contributed by atoms with Crippen LogP contribution in [-0.2, 0) is 14.2 Å². The molecule has 0 spiro atoms. The largest absolute Gasteiger partial charge is 0.509 e. The smallest absolute Gasteiger partial charge is 0.444 e. The van der Waals surface area contributed by atoms with E-state index >= 15 is 0 Å². The van der Waals surface area contributed by atoms with Crippen LogP contribution in [0.3, 0.4) is 0 Å². The average Bonchev–Trinajstić information content (AvgIpc) is 2.08. The van der Waals surface area contributed by atoms with Crippen molar-refractivity contribution < 1.29 is 23.8 Å². The highest BCUT2D eigenvalue weighted by molar-refractivity contribution is 6.19. The normalized spacial score (nSPS) is 12.5. The van der Waals surface area contributed by atoms with Crippen molar-refractivity contribution in [2.75, 3.05) is 13.2 Å². The Morgan fingerprint density at radius 1 is 1.35 bits per heavy atom. The van der Waals surface area contributed by atoms with Crippen LogP contribution in [0.4, 0.5) is 9.59 Å². The summed E-state index contributed by atoms with van der Waals surface area (Å²) in [7, 11) is 0. The Bertz CT molecular complexity index is 262. The van der Waals surface area contributed by atoms with Crippen LogP contribution >= 0.6 is 11.6 Å². The fourth-order valence-electron chi connectivity index (χ4n) is 0.768. The summed E-state index contributed by atoms with van der Waals surface area (Å²) in [4.78, 5) is 22.0.